The van der Waals surface area contributed by atoms with Crippen LogP contribution in [0.15, 0.2) is 41.3 Å². The number of ether oxygens (including phenoxy) is 2. The second-order valence-corrected chi connectivity index (χ2v) is 8.69. The van der Waals surface area contributed by atoms with E-state index in [1.54, 1.807) is 29.2 Å². The van der Waals surface area contributed by atoms with Gasteiger partial charge in [-0.1, -0.05) is 53.3 Å². The van der Waals surface area contributed by atoms with Crippen molar-refractivity contribution in [2.45, 2.75) is 20.8 Å². The maximum Gasteiger partial charge on any atom is 0.266 e. The molecule has 0 bridgehead atoms. The molecule has 0 aromatic heterocycles. The summed E-state index contributed by atoms with van der Waals surface area (Å²) in [6, 6.07) is 11.4. The average molecular weight is 448 g/mol. The van der Waals surface area contributed by atoms with E-state index in [0.717, 1.165) is 16.9 Å². The fourth-order valence-corrected chi connectivity index (χ4v) is 4.50. The number of amides is 1. The minimum atomic E-state index is -0.0911. The first-order valence-electron chi connectivity index (χ1n) is 9.27. The lowest BCUT2D eigenvalue weighted by atomic mass is 10.1. The van der Waals surface area contributed by atoms with E-state index in [2.05, 4.69) is 13.0 Å². The quantitative estimate of drug-likeness (QED) is 0.312. The Morgan fingerprint density at radius 2 is 1.79 bits per heavy atom. The number of hydrogen-bond donors (Lipinski definition) is 0. The van der Waals surface area contributed by atoms with Crippen molar-refractivity contribution in [3.05, 3.63) is 63.0 Å². The molecule has 2 aromatic rings. The Morgan fingerprint density at radius 1 is 1.10 bits per heavy atom. The number of carbonyl (C=O) groups is 1. The van der Waals surface area contributed by atoms with Gasteiger partial charge in [0.2, 0.25) is 0 Å². The van der Waals surface area contributed by atoms with Gasteiger partial charge in [-0.3, -0.25) is 9.69 Å². The molecule has 1 amide bonds. The highest BCUT2D eigenvalue weighted by Gasteiger charge is 2.30. The lowest BCUT2D eigenvalue weighted by Crippen LogP contribution is -2.27. The second kappa shape index (κ2) is 9.65. The van der Waals surface area contributed by atoms with Crippen LogP contribution in [0.2, 0.25) is 5.02 Å². The Balaban J connectivity index is 1.68. The molecule has 7 heteroatoms. The van der Waals surface area contributed by atoms with Crippen molar-refractivity contribution in [3.63, 3.8) is 0 Å². The average Bonchev–Trinajstić information content (AvgIpc) is 2.94. The van der Waals surface area contributed by atoms with Gasteiger partial charge in [0.15, 0.2) is 0 Å². The van der Waals surface area contributed by atoms with Gasteiger partial charge in [0.05, 0.1) is 4.91 Å². The highest BCUT2D eigenvalue weighted by Crippen LogP contribution is 2.34. The van der Waals surface area contributed by atoms with E-state index in [4.69, 9.17) is 33.3 Å². The number of nitrogens with zero attached hydrogens (tertiary/aromatic N) is 1. The summed E-state index contributed by atoms with van der Waals surface area (Å²) in [5.74, 6) is 1.39. The van der Waals surface area contributed by atoms with E-state index in [1.165, 1.54) is 17.3 Å². The topological polar surface area (TPSA) is 38.8 Å². The van der Waals surface area contributed by atoms with Crippen molar-refractivity contribution >= 4 is 51.9 Å². The molecule has 0 N–H and O–H groups in total. The Hall–Kier alpha value is -2.02. The van der Waals surface area contributed by atoms with E-state index in [9.17, 15) is 4.79 Å². The van der Waals surface area contributed by atoms with Gasteiger partial charge >= 0.3 is 0 Å². The van der Waals surface area contributed by atoms with Crippen LogP contribution in [0, 0.1) is 13.8 Å². The predicted octanol–water partition coefficient (Wildman–Crippen LogP) is 5.64. The summed E-state index contributed by atoms with van der Waals surface area (Å²) in [5.41, 5.74) is 3.03. The molecule has 0 spiro atoms. The minimum Gasteiger partial charge on any atom is -0.490 e. The first-order valence-corrected chi connectivity index (χ1v) is 10.9. The van der Waals surface area contributed by atoms with Crippen molar-refractivity contribution in [2.24, 2.45) is 0 Å². The third-order valence-corrected chi connectivity index (χ3v) is 5.99. The molecule has 29 heavy (non-hydrogen) atoms. The molecule has 152 valence electrons. The normalized spacial score (nSPS) is 15.3. The van der Waals surface area contributed by atoms with Gasteiger partial charge in [-0.15, -0.1) is 0 Å². The van der Waals surface area contributed by atoms with E-state index >= 15 is 0 Å². The number of benzene rings is 2. The van der Waals surface area contributed by atoms with Crippen molar-refractivity contribution in [1.82, 2.24) is 4.90 Å². The molecule has 1 heterocycles. The molecule has 1 fully saturated rings. The van der Waals surface area contributed by atoms with Gasteiger partial charge in [-0.25, -0.2) is 0 Å². The van der Waals surface area contributed by atoms with Crippen LogP contribution in [0.3, 0.4) is 0 Å². The zero-order valence-electron chi connectivity index (χ0n) is 16.5. The molecule has 4 nitrogen and oxygen atoms in total. The van der Waals surface area contributed by atoms with Gasteiger partial charge in [-0.05, 0) is 56.7 Å². The van der Waals surface area contributed by atoms with E-state index in [-0.39, 0.29) is 5.91 Å². The standard InChI is InChI=1S/C22H22ClNO3S2/c1-4-24-21(25)20(29-22(24)28)13-16-12-17(23)6-8-19(16)27-10-9-26-18-7-5-14(2)11-15(18)3/h5-8,11-13H,4,9-10H2,1-3H3. The Labute approximate surface area is 185 Å². The fraction of sp³-hybridized carbons (Fsp3) is 0.273. The fourth-order valence-electron chi connectivity index (χ4n) is 2.94. The molecule has 1 aliphatic heterocycles. The largest absolute Gasteiger partial charge is 0.490 e. The molecular weight excluding hydrogens is 426 g/mol. The van der Waals surface area contributed by atoms with Crippen LogP contribution >= 0.6 is 35.6 Å². The van der Waals surface area contributed by atoms with Crippen LogP contribution in [-0.4, -0.2) is 34.9 Å². The summed E-state index contributed by atoms with van der Waals surface area (Å²) < 4.78 is 12.3. The molecule has 0 atom stereocenters. The molecule has 0 radical (unpaired) electrons. The number of carbonyl (C=O) groups excluding carboxylic acids is 1. The highest BCUT2D eigenvalue weighted by atomic mass is 35.5. The van der Waals surface area contributed by atoms with Gasteiger partial charge in [0, 0.05) is 17.1 Å². The monoisotopic (exact) mass is 447 g/mol. The van der Waals surface area contributed by atoms with Crippen LogP contribution in [0.5, 0.6) is 11.5 Å². The summed E-state index contributed by atoms with van der Waals surface area (Å²) in [6.07, 6.45) is 1.78. The Bertz CT molecular complexity index is 975. The third-order valence-electron chi connectivity index (χ3n) is 4.38. The second-order valence-electron chi connectivity index (χ2n) is 6.57. The van der Waals surface area contributed by atoms with Crippen molar-refractivity contribution in [3.8, 4) is 11.5 Å². The zero-order valence-corrected chi connectivity index (χ0v) is 18.9. The van der Waals surface area contributed by atoms with Crippen LogP contribution in [0.25, 0.3) is 6.08 Å². The molecular formula is C22H22ClNO3S2. The number of thiocarbonyl (C=S) groups is 1. The first kappa shape index (κ1) is 21.7. The molecule has 0 unspecified atom stereocenters. The van der Waals surface area contributed by atoms with E-state index < -0.39 is 0 Å². The lowest BCUT2D eigenvalue weighted by molar-refractivity contribution is -0.121. The van der Waals surface area contributed by atoms with Crippen LogP contribution in [-0.2, 0) is 4.79 Å². The highest BCUT2D eigenvalue weighted by molar-refractivity contribution is 8.26. The number of halogens is 1. The molecule has 0 aliphatic carbocycles. The Kier molecular flexibility index (Phi) is 7.22. The molecule has 2 aromatic carbocycles. The molecule has 0 saturated carbocycles. The van der Waals surface area contributed by atoms with Gasteiger partial charge in [0.25, 0.3) is 5.91 Å². The first-order chi connectivity index (χ1) is 13.9. The maximum atomic E-state index is 12.5. The van der Waals surface area contributed by atoms with Crippen molar-refractivity contribution in [2.75, 3.05) is 19.8 Å². The maximum absolute atomic E-state index is 12.5. The van der Waals surface area contributed by atoms with Gasteiger partial charge in [0.1, 0.15) is 29.0 Å². The van der Waals surface area contributed by atoms with Crippen molar-refractivity contribution < 1.29 is 14.3 Å². The summed E-state index contributed by atoms with van der Waals surface area (Å²) >= 11 is 12.7. The predicted molar refractivity (Wildman–Crippen MR) is 124 cm³/mol. The summed E-state index contributed by atoms with van der Waals surface area (Å²) in [4.78, 5) is 14.6. The van der Waals surface area contributed by atoms with Crippen molar-refractivity contribution in [1.29, 1.82) is 0 Å². The van der Waals surface area contributed by atoms with E-state index in [0.29, 0.717) is 39.8 Å². The van der Waals surface area contributed by atoms with Crippen LogP contribution in [0.4, 0.5) is 0 Å². The van der Waals surface area contributed by atoms with Crippen LogP contribution in [0.1, 0.15) is 23.6 Å². The SMILES string of the molecule is CCN1C(=O)C(=Cc2cc(Cl)ccc2OCCOc2ccc(C)cc2C)SC1=S. The number of thioether (sulfide) groups is 1. The summed E-state index contributed by atoms with van der Waals surface area (Å²) in [6.45, 7) is 7.30. The molecule has 1 aliphatic rings. The Morgan fingerprint density at radius 3 is 2.45 bits per heavy atom. The van der Waals surface area contributed by atoms with E-state index in [1.807, 2.05) is 26.0 Å². The summed E-state index contributed by atoms with van der Waals surface area (Å²) in [7, 11) is 0. The summed E-state index contributed by atoms with van der Waals surface area (Å²) in [5, 5.41) is 0.570. The zero-order chi connectivity index (χ0) is 21.0. The van der Waals surface area contributed by atoms with Gasteiger partial charge < -0.3 is 9.47 Å². The number of rotatable bonds is 7. The molecule has 3 rings (SSSR count). The third kappa shape index (κ3) is 5.32. The number of likely N-dealkylation sites (N-methyl/N-ethyl adjacent to an activating group) is 1. The van der Waals surface area contributed by atoms with Gasteiger partial charge in [-0.2, -0.15) is 0 Å². The smallest absolute Gasteiger partial charge is 0.266 e. The lowest BCUT2D eigenvalue weighted by Gasteiger charge is -2.13. The molecule has 1 saturated heterocycles. The number of hydrogen-bond acceptors (Lipinski definition) is 5. The number of aryl methyl sites for hydroxylation is 2. The van der Waals surface area contributed by atoms with Crippen LogP contribution < -0.4 is 9.47 Å². The minimum absolute atomic E-state index is 0.0911.